The van der Waals surface area contributed by atoms with Gasteiger partial charge < -0.3 is 5.32 Å². The number of nitrogens with one attached hydrogen (secondary N) is 2. The predicted octanol–water partition coefficient (Wildman–Crippen LogP) is 1.55. The highest BCUT2D eigenvalue weighted by Gasteiger charge is 2.12. The zero-order valence-corrected chi connectivity index (χ0v) is 13.7. The summed E-state index contributed by atoms with van der Waals surface area (Å²) in [7, 11) is -4.18. The molecule has 0 bridgehead atoms. The highest BCUT2D eigenvalue weighted by molar-refractivity contribution is 7.89. The average Bonchev–Trinajstić information content (AvgIpc) is 2.37. The van der Waals surface area contributed by atoms with E-state index in [1.54, 1.807) is 37.4 Å². The number of hydrogen-bond donors (Lipinski definition) is 2. The molecule has 0 amide bonds. The molecule has 1 aromatic rings. The van der Waals surface area contributed by atoms with Gasteiger partial charge in [-0.2, -0.15) is 0 Å². The van der Waals surface area contributed by atoms with E-state index in [9.17, 15) is 12.6 Å². The fourth-order valence-corrected chi connectivity index (χ4v) is 3.43. The highest BCUT2D eigenvalue weighted by atomic mass is 32.2. The van der Waals surface area contributed by atoms with E-state index < -0.39 is 20.8 Å². The molecule has 2 unspecified atom stereocenters. The van der Waals surface area contributed by atoms with E-state index in [0.717, 1.165) is 12.1 Å². The lowest BCUT2D eigenvalue weighted by molar-refractivity contribution is 0.584. The number of hydrogen-bond acceptors (Lipinski definition) is 4. The molecule has 0 heterocycles. The lowest BCUT2D eigenvalue weighted by Gasteiger charge is -2.15. The fourth-order valence-electron chi connectivity index (χ4n) is 1.70. The van der Waals surface area contributed by atoms with Crippen molar-refractivity contribution in [1.82, 2.24) is 4.72 Å². The molecule has 2 N–H and O–H groups in total. The van der Waals surface area contributed by atoms with Crippen LogP contribution in [0.4, 0.5) is 5.69 Å². The maximum absolute atomic E-state index is 11.8. The van der Waals surface area contributed by atoms with Crippen LogP contribution in [0.25, 0.3) is 0 Å². The molecular weight excluding hydrogens is 296 g/mol. The van der Waals surface area contributed by atoms with Crippen LogP contribution >= 0.6 is 0 Å². The number of anilines is 1. The van der Waals surface area contributed by atoms with Crippen LogP contribution in [0, 0.1) is 0 Å². The van der Waals surface area contributed by atoms with Crippen LogP contribution in [0.2, 0.25) is 0 Å². The van der Waals surface area contributed by atoms with Crippen molar-refractivity contribution in [3.8, 4) is 0 Å². The minimum absolute atomic E-state index is 0.190. The van der Waals surface area contributed by atoms with Gasteiger partial charge in [0.15, 0.2) is 0 Å². The van der Waals surface area contributed by atoms with E-state index in [2.05, 4.69) is 10.0 Å². The van der Waals surface area contributed by atoms with Crippen LogP contribution in [-0.2, 0) is 20.8 Å². The first-order valence-corrected chi connectivity index (χ1v) is 9.72. The van der Waals surface area contributed by atoms with E-state index in [-0.39, 0.29) is 10.9 Å². The lowest BCUT2D eigenvalue weighted by atomic mass is 10.2. The van der Waals surface area contributed by atoms with Crippen LogP contribution in [0.3, 0.4) is 0 Å². The molecule has 0 aliphatic rings. The SMILES string of the molecule is CCNS(=O)(=O)c1ccc(NC(C)CCS(C)=O)cc1. The van der Waals surface area contributed by atoms with Gasteiger partial charge in [0.05, 0.1) is 4.90 Å². The minimum Gasteiger partial charge on any atom is -0.383 e. The molecular formula is C13H22N2O3S2. The van der Waals surface area contributed by atoms with Gasteiger partial charge in [0, 0.05) is 41.1 Å². The smallest absolute Gasteiger partial charge is 0.240 e. The summed E-state index contributed by atoms with van der Waals surface area (Å²) in [6.07, 6.45) is 2.49. The Morgan fingerprint density at radius 3 is 2.35 bits per heavy atom. The molecule has 0 saturated heterocycles. The Bertz CT molecular complexity index is 541. The largest absolute Gasteiger partial charge is 0.383 e. The van der Waals surface area contributed by atoms with Gasteiger partial charge in [0.1, 0.15) is 0 Å². The maximum Gasteiger partial charge on any atom is 0.240 e. The fraction of sp³-hybridized carbons (Fsp3) is 0.538. The second-order valence-corrected chi connectivity index (χ2v) is 7.96. The van der Waals surface area contributed by atoms with E-state index >= 15 is 0 Å². The van der Waals surface area contributed by atoms with Crippen LogP contribution in [0.1, 0.15) is 20.3 Å². The van der Waals surface area contributed by atoms with E-state index in [0.29, 0.717) is 12.3 Å². The van der Waals surface area contributed by atoms with E-state index in [1.807, 2.05) is 6.92 Å². The Labute approximate surface area is 123 Å². The quantitative estimate of drug-likeness (QED) is 0.762. The number of sulfonamides is 1. The van der Waals surface area contributed by atoms with Crippen LogP contribution in [-0.4, -0.2) is 37.2 Å². The molecule has 20 heavy (non-hydrogen) atoms. The summed E-state index contributed by atoms with van der Waals surface area (Å²) in [6, 6.07) is 6.82. The summed E-state index contributed by atoms with van der Waals surface area (Å²) in [4.78, 5) is 0.257. The lowest BCUT2D eigenvalue weighted by Crippen LogP contribution is -2.23. The van der Waals surface area contributed by atoms with Gasteiger partial charge in [-0.25, -0.2) is 13.1 Å². The Morgan fingerprint density at radius 1 is 1.25 bits per heavy atom. The Hall–Kier alpha value is -0.920. The molecule has 0 aliphatic heterocycles. The van der Waals surface area contributed by atoms with Crippen molar-refractivity contribution in [1.29, 1.82) is 0 Å². The zero-order chi connectivity index (χ0) is 15.2. The van der Waals surface area contributed by atoms with Crippen molar-refractivity contribution >= 4 is 26.5 Å². The second kappa shape index (κ2) is 7.75. The molecule has 0 aliphatic carbocycles. The van der Waals surface area contributed by atoms with Crippen LogP contribution in [0.5, 0.6) is 0 Å². The standard InChI is InChI=1S/C13H22N2O3S2/c1-4-14-20(17,18)13-7-5-12(6-8-13)15-11(2)9-10-19(3)16/h5-8,11,14-15H,4,9-10H2,1-3H3. The molecule has 0 fully saturated rings. The molecule has 7 heteroatoms. The third-order valence-corrected chi connectivity index (χ3v) is 5.12. The summed E-state index contributed by atoms with van der Waals surface area (Å²) >= 11 is 0. The van der Waals surface area contributed by atoms with Gasteiger partial charge in [-0.05, 0) is 37.6 Å². The zero-order valence-electron chi connectivity index (χ0n) is 12.0. The third kappa shape index (κ3) is 5.60. The summed E-state index contributed by atoms with van der Waals surface area (Å²) in [6.45, 7) is 4.12. The molecule has 5 nitrogen and oxygen atoms in total. The average molecular weight is 318 g/mol. The topological polar surface area (TPSA) is 75.3 Å². The molecule has 0 radical (unpaired) electrons. The molecule has 0 saturated carbocycles. The molecule has 1 aromatic carbocycles. The second-order valence-electron chi connectivity index (χ2n) is 4.64. The van der Waals surface area contributed by atoms with Gasteiger partial charge >= 0.3 is 0 Å². The van der Waals surface area contributed by atoms with Gasteiger partial charge in [0.2, 0.25) is 10.0 Å². The summed E-state index contributed by atoms with van der Waals surface area (Å²) in [5.41, 5.74) is 0.856. The number of benzene rings is 1. The first-order chi connectivity index (χ1) is 9.35. The molecule has 1 rings (SSSR count). The van der Waals surface area contributed by atoms with Gasteiger partial charge in [0.25, 0.3) is 0 Å². The van der Waals surface area contributed by atoms with Crippen molar-refractivity contribution in [3.63, 3.8) is 0 Å². The van der Waals surface area contributed by atoms with Crippen molar-refractivity contribution < 1.29 is 12.6 Å². The van der Waals surface area contributed by atoms with Crippen LogP contribution in [0.15, 0.2) is 29.2 Å². The Kier molecular flexibility index (Phi) is 6.64. The first kappa shape index (κ1) is 17.1. The van der Waals surface area contributed by atoms with Crippen molar-refractivity contribution in [2.75, 3.05) is 23.9 Å². The van der Waals surface area contributed by atoms with Gasteiger partial charge in [-0.3, -0.25) is 4.21 Å². The van der Waals surface area contributed by atoms with Gasteiger partial charge in [-0.1, -0.05) is 6.92 Å². The predicted molar refractivity (Wildman–Crippen MR) is 83.9 cm³/mol. The summed E-state index contributed by atoms with van der Waals surface area (Å²) in [5.74, 6) is 0.654. The first-order valence-electron chi connectivity index (χ1n) is 6.51. The summed E-state index contributed by atoms with van der Waals surface area (Å²) in [5, 5.41) is 3.26. The van der Waals surface area contributed by atoms with E-state index in [1.165, 1.54) is 0 Å². The van der Waals surface area contributed by atoms with Crippen molar-refractivity contribution in [2.45, 2.75) is 31.2 Å². The monoisotopic (exact) mass is 318 g/mol. The highest BCUT2D eigenvalue weighted by Crippen LogP contribution is 2.15. The van der Waals surface area contributed by atoms with Crippen LogP contribution < -0.4 is 10.0 Å². The normalized spacial score (nSPS) is 14.8. The van der Waals surface area contributed by atoms with Gasteiger partial charge in [-0.15, -0.1) is 0 Å². The van der Waals surface area contributed by atoms with Crippen molar-refractivity contribution in [2.24, 2.45) is 0 Å². The molecule has 114 valence electrons. The number of rotatable bonds is 8. The maximum atomic E-state index is 11.8. The Balaban J connectivity index is 2.65. The third-order valence-electron chi connectivity index (χ3n) is 2.75. The van der Waals surface area contributed by atoms with E-state index in [4.69, 9.17) is 0 Å². The molecule has 2 atom stereocenters. The minimum atomic E-state index is -3.40. The van der Waals surface area contributed by atoms with Crippen molar-refractivity contribution in [3.05, 3.63) is 24.3 Å². The molecule has 0 spiro atoms. The summed E-state index contributed by atoms with van der Waals surface area (Å²) < 4.78 is 37.0. The Morgan fingerprint density at radius 2 is 1.85 bits per heavy atom. The molecule has 0 aromatic heterocycles.